The number of H-pyrrole nitrogens is 1. The number of fused-ring (bicyclic) bond motifs is 1. The van der Waals surface area contributed by atoms with Gasteiger partial charge in [-0.25, -0.2) is 9.59 Å². The van der Waals surface area contributed by atoms with Gasteiger partial charge >= 0.3 is 11.9 Å². The predicted molar refractivity (Wildman–Crippen MR) is 161 cm³/mol. The maximum Gasteiger partial charge on any atom is 0.335 e. The van der Waals surface area contributed by atoms with Crippen molar-refractivity contribution in [2.24, 2.45) is 0 Å². The van der Waals surface area contributed by atoms with Crippen LogP contribution >= 0.6 is 0 Å². The molecule has 2 aliphatic rings. The second kappa shape index (κ2) is 14.9. The molecule has 0 bridgehead atoms. The van der Waals surface area contributed by atoms with Gasteiger partial charge in [-0.05, 0) is 62.1 Å². The third-order valence-corrected chi connectivity index (χ3v) is 8.11. The van der Waals surface area contributed by atoms with Crippen LogP contribution in [0.1, 0.15) is 34.8 Å². The van der Waals surface area contributed by atoms with E-state index in [0.29, 0.717) is 24.7 Å². The van der Waals surface area contributed by atoms with Gasteiger partial charge in [-0.3, -0.25) is 14.5 Å². The van der Waals surface area contributed by atoms with E-state index in [0.717, 1.165) is 42.6 Å². The summed E-state index contributed by atoms with van der Waals surface area (Å²) in [7, 11) is 2.18. The Bertz CT molecular complexity index is 1410. The summed E-state index contributed by atoms with van der Waals surface area (Å²) < 4.78 is 0. The highest BCUT2D eigenvalue weighted by Gasteiger charge is 2.33. The van der Waals surface area contributed by atoms with E-state index in [2.05, 4.69) is 27.1 Å². The smallest absolute Gasteiger partial charge is 0.335 e. The molecule has 0 unspecified atom stereocenters. The molecule has 0 aliphatic carbocycles. The number of carbonyl (C=O) groups excluding carboxylic acids is 2. The topological polar surface area (TPSA) is 187 Å². The SMILES string of the molecule is CN1CCC(N2CCN(C(=O)[C@H](NC(=O)c3ccc4cc[nH]c4c3)c3ccccc3)CC2)CC1.O=C(O)[C@@H](O)[C@H](O)C(=O)O. The molecule has 0 radical (unpaired) electrons. The number of rotatable bonds is 8. The number of amides is 2. The zero-order valence-electron chi connectivity index (χ0n) is 24.5. The Hall–Kier alpha value is -4.30. The van der Waals surface area contributed by atoms with Crippen LogP contribution in [0.15, 0.2) is 60.8 Å². The lowest BCUT2D eigenvalue weighted by Gasteiger charge is -2.42. The molecule has 44 heavy (non-hydrogen) atoms. The monoisotopic (exact) mass is 609 g/mol. The Morgan fingerprint density at radius 3 is 2.05 bits per heavy atom. The highest BCUT2D eigenvalue weighted by molar-refractivity contribution is 6.00. The number of aliphatic hydroxyl groups excluding tert-OH is 2. The minimum Gasteiger partial charge on any atom is -0.479 e. The average molecular weight is 610 g/mol. The summed E-state index contributed by atoms with van der Waals surface area (Å²) in [5.74, 6) is -3.82. The van der Waals surface area contributed by atoms with E-state index in [1.54, 1.807) is 6.07 Å². The van der Waals surface area contributed by atoms with Crippen LogP contribution in [0, 0.1) is 0 Å². The molecule has 2 aliphatic heterocycles. The van der Waals surface area contributed by atoms with Gasteiger partial charge < -0.3 is 40.5 Å². The first-order valence-corrected chi connectivity index (χ1v) is 14.5. The van der Waals surface area contributed by atoms with Crippen molar-refractivity contribution in [2.75, 3.05) is 46.3 Å². The number of benzene rings is 2. The fourth-order valence-corrected chi connectivity index (χ4v) is 5.46. The second-order valence-electron chi connectivity index (χ2n) is 11.1. The fourth-order valence-electron chi connectivity index (χ4n) is 5.46. The molecule has 3 atom stereocenters. The molecule has 0 saturated carbocycles. The number of hydrogen-bond donors (Lipinski definition) is 6. The number of hydrogen-bond acceptors (Lipinski definition) is 8. The van der Waals surface area contributed by atoms with Crippen LogP contribution in [0.5, 0.6) is 0 Å². The number of aromatic amines is 1. The molecule has 0 spiro atoms. The summed E-state index contributed by atoms with van der Waals surface area (Å²) in [6, 6.07) is 17.0. The van der Waals surface area contributed by atoms with E-state index in [1.807, 2.05) is 59.6 Å². The molecule has 2 aromatic carbocycles. The van der Waals surface area contributed by atoms with Crippen molar-refractivity contribution in [1.29, 1.82) is 0 Å². The number of piperidine rings is 1. The van der Waals surface area contributed by atoms with Crippen molar-refractivity contribution >= 4 is 34.7 Å². The number of aliphatic carboxylic acids is 2. The van der Waals surface area contributed by atoms with Crippen molar-refractivity contribution in [1.82, 2.24) is 25.0 Å². The standard InChI is InChI=1S/C27H33N5O2.C4H6O6/c1-30-13-10-23(11-14-30)31-15-17-32(18-16-31)27(34)25(21-5-3-2-4-6-21)29-26(33)22-8-7-20-9-12-28-24(20)19-22;5-1(3(7)8)2(6)4(9)10/h2-9,12,19,23,25,28H,10-11,13-18H2,1H3,(H,29,33);1-2,5-6H,(H,7,8)(H,9,10)/t25-;1-,2-/m10/s1. The molecule has 13 nitrogen and oxygen atoms in total. The normalized spacial score (nSPS) is 18.5. The average Bonchev–Trinajstić information content (AvgIpc) is 3.52. The molecule has 236 valence electrons. The number of carboxylic acid groups (broad SMARTS) is 2. The van der Waals surface area contributed by atoms with Crippen LogP contribution in [-0.2, 0) is 14.4 Å². The maximum atomic E-state index is 13.6. The first-order chi connectivity index (χ1) is 21.0. The molecule has 13 heteroatoms. The van der Waals surface area contributed by atoms with Gasteiger partial charge in [0.1, 0.15) is 6.04 Å². The third-order valence-electron chi connectivity index (χ3n) is 8.11. The van der Waals surface area contributed by atoms with Crippen LogP contribution in [0.25, 0.3) is 10.9 Å². The first kappa shape index (κ1) is 32.6. The highest BCUT2D eigenvalue weighted by Crippen LogP contribution is 2.22. The van der Waals surface area contributed by atoms with Crippen LogP contribution < -0.4 is 5.32 Å². The van der Waals surface area contributed by atoms with Gasteiger partial charge in [0, 0.05) is 49.5 Å². The van der Waals surface area contributed by atoms with E-state index in [4.69, 9.17) is 20.4 Å². The molecular formula is C31H39N5O8. The number of likely N-dealkylation sites (tertiary alicyclic amines) is 1. The van der Waals surface area contributed by atoms with Crippen molar-refractivity contribution < 1.29 is 39.6 Å². The number of nitrogens with zero attached hydrogens (tertiary/aromatic N) is 3. The van der Waals surface area contributed by atoms with Crippen molar-refractivity contribution in [3.05, 3.63) is 71.9 Å². The number of carbonyl (C=O) groups is 4. The molecule has 6 N–H and O–H groups in total. The largest absolute Gasteiger partial charge is 0.479 e. The number of nitrogens with one attached hydrogen (secondary N) is 2. The lowest BCUT2D eigenvalue weighted by Crippen LogP contribution is -2.55. The quantitative estimate of drug-likeness (QED) is 0.213. The van der Waals surface area contributed by atoms with Gasteiger partial charge in [0.15, 0.2) is 12.2 Å². The van der Waals surface area contributed by atoms with Gasteiger partial charge in [0.25, 0.3) is 5.91 Å². The summed E-state index contributed by atoms with van der Waals surface area (Å²) in [4.78, 5) is 56.3. The summed E-state index contributed by atoms with van der Waals surface area (Å²) in [5.41, 5.74) is 2.25. The summed E-state index contributed by atoms with van der Waals surface area (Å²) >= 11 is 0. The Labute approximate surface area is 254 Å². The summed E-state index contributed by atoms with van der Waals surface area (Å²) in [6.45, 7) is 5.44. The molecule has 3 heterocycles. The molecular weight excluding hydrogens is 570 g/mol. The Morgan fingerprint density at radius 1 is 0.841 bits per heavy atom. The molecule has 2 saturated heterocycles. The van der Waals surface area contributed by atoms with Crippen LogP contribution in [-0.4, -0.2) is 128 Å². The Morgan fingerprint density at radius 2 is 1.45 bits per heavy atom. The fraction of sp³-hybridized carbons (Fsp3) is 0.419. The summed E-state index contributed by atoms with van der Waals surface area (Å²) in [5, 5.41) is 36.6. The number of piperazine rings is 1. The van der Waals surface area contributed by atoms with Crippen molar-refractivity contribution in [3.8, 4) is 0 Å². The van der Waals surface area contributed by atoms with E-state index in [1.165, 1.54) is 12.8 Å². The van der Waals surface area contributed by atoms with Crippen molar-refractivity contribution in [3.63, 3.8) is 0 Å². The minimum absolute atomic E-state index is 0.0384. The van der Waals surface area contributed by atoms with Gasteiger partial charge in [0.05, 0.1) is 0 Å². The van der Waals surface area contributed by atoms with Gasteiger partial charge in [-0.1, -0.05) is 36.4 Å². The van der Waals surface area contributed by atoms with Gasteiger partial charge in [-0.15, -0.1) is 0 Å². The Kier molecular flexibility index (Phi) is 11.1. The molecule has 5 rings (SSSR count). The van der Waals surface area contributed by atoms with Crippen LogP contribution in [0.4, 0.5) is 0 Å². The van der Waals surface area contributed by atoms with E-state index < -0.39 is 30.2 Å². The van der Waals surface area contributed by atoms with E-state index in [9.17, 15) is 19.2 Å². The molecule has 2 amide bonds. The first-order valence-electron chi connectivity index (χ1n) is 14.5. The van der Waals surface area contributed by atoms with E-state index >= 15 is 0 Å². The lowest BCUT2D eigenvalue weighted by atomic mass is 10.0. The number of aromatic nitrogens is 1. The van der Waals surface area contributed by atoms with E-state index in [-0.39, 0.29) is 11.8 Å². The maximum absolute atomic E-state index is 13.6. The predicted octanol–water partition coefficient (Wildman–Crippen LogP) is 0.755. The molecule has 3 aromatic rings. The summed E-state index contributed by atoms with van der Waals surface area (Å²) in [6.07, 6.45) is -0.292. The van der Waals surface area contributed by atoms with Gasteiger partial charge in [0.2, 0.25) is 5.91 Å². The van der Waals surface area contributed by atoms with Crippen LogP contribution in [0.3, 0.4) is 0 Å². The van der Waals surface area contributed by atoms with Crippen molar-refractivity contribution in [2.45, 2.75) is 37.1 Å². The minimum atomic E-state index is -2.27. The highest BCUT2D eigenvalue weighted by atomic mass is 16.4. The Balaban J connectivity index is 0.000000382. The molecule has 1 aromatic heterocycles. The third kappa shape index (κ3) is 8.20. The second-order valence-corrected chi connectivity index (χ2v) is 11.1. The zero-order valence-corrected chi connectivity index (χ0v) is 24.5. The van der Waals surface area contributed by atoms with Gasteiger partial charge in [-0.2, -0.15) is 0 Å². The molecule has 2 fully saturated rings. The lowest BCUT2D eigenvalue weighted by molar-refractivity contribution is -0.165. The van der Waals surface area contributed by atoms with Crippen LogP contribution in [0.2, 0.25) is 0 Å². The number of carboxylic acids is 2. The zero-order chi connectivity index (χ0) is 31.8. The number of aliphatic hydroxyl groups is 2.